The molecule has 2 fully saturated rings. The highest BCUT2D eigenvalue weighted by Gasteiger charge is 2.32. The Kier molecular flexibility index (Phi) is 4.17. The number of hydrogen-bond donors (Lipinski definition) is 1. The van der Waals surface area contributed by atoms with E-state index in [1.54, 1.807) is 4.90 Å². The summed E-state index contributed by atoms with van der Waals surface area (Å²) in [5, 5.41) is 0. The third kappa shape index (κ3) is 3.06. The number of nitrogens with zero attached hydrogens (tertiary/aromatic N) is 3. The molecule has 5 nitrogen and oxygen atoms in total. The SMILES string of the molecule is NC1CCN(C2CCN(C(=O)c3ccncc3F)C2)CC1. The number of likely N-dealkylation sites (tertiary alicyclic amines) is 2. The van der Waals surface area contributed by atoms with Crippen molar-refractivity contribution in [1.29, 1.82) is 0 Å². The fourth-order valence-corrected chi connectivity index (χ4v) is 3.23. The minimum atomic E-state index is -0.546. The van der Waals surface area contributed by atoms with Gasteiger partial charge in [-0.1, -0.05) is 0 Å². The first-order valence-corrected chi connectivity index (χ1v) is 7.53. The smallest absolute Gasteiger partial charge is 0.256 e. The van der Waals surface area contributed by atoms with Crippen LogP contribution in [0, 0.1) is 5.82 Å². The molecule has 6 heteroatoms. The van der Waals surface area contributed by atoms with Crippen molar-refractivity contribution in [2.45, 2.75) is 31.3 Å². The molecule has 0 aliphatic carbocycles. The van der Waals surface area contributed by atoms with Gasteiger partial charge in [0, 0.05) is 31.4 Å². The Morgan fingerprint density at radius 1 is 1.29 bits per heavy atom. The van der Waals surface area contributed by atoms with E-state index >= 15 is 0 Å². The maximum atomic E-state index is 13.7. The molecule has 0 bridgehead atoms. The van der Waals surface area contributed by atoms with E-state index in [2.05, 4.69) is 9.88 Å². The normalized spacial score (nSPS) is 24.5. The molecule has 2 aliphatic rings. The van der Waals surface area contributed by atoms with Crippen LogP contribution in [0.3, 0.4) is 0 Å². The summed E-state index contributed by atoms with van der Waals surface area (Å²) in [6.45, 7) is 3.36. The molecule has 1 aromatic heterocycles. The number of amides is 1. The zero-order valence-electron chi connectivity index (χ0n) is 12.0. The van der Waals surface area contributed by atoms with Crippen LogP contribution >= 0.6 is 0 Å². The molecule has 114 valence electrons. The molecule has 2 N–H and O–H groups in total. The maximum Gasteiger partial charge on any atom is 0.256 e. The van der Waals surface area contributed by atoms with Crippen LogP contribution in [0.5, 0.6) is 0 Å². The van der Waals surface area contributed by atoms with E-state index in [-0.39, 0.29) is 11.5 Å². The second-order valence-electron chi connectivity index (χ2n) is 5.92. The molecule has 21 heavy (non-hydrogen) atoms. The minimum Gasteiger partial charge on any atom is -0.337 e. The summed E-state index contributed by atoms with van der Waals surface area (Å²) in [6.07, 6.45) is 5.53. The first-order chi connectivity index (χ1) is 10.1. The van der Waals surface area contributed by atoms with Crippen molar-refractivity contribution in [1.82, 2.24) is 14.8 Å². The summed E-state index contributed by atoms with van der Waals surface area (Å²) in [5.41, 5.74) is 6.04. The summed E-state index contributed by atoms with van der Waals surface area (Å²) in [5.74, 6) is -0.777. The number of aromatic nitrogens is 1. The predicted molar refractivity (Wildman–Crippen MR) is 77.3 cm³/mol. The minimum absolute atomic E-state index is 0.117. The van der Waals surface area contributed by atoms with Crippen molar-refractivity contribution in [3.63, 3.8) is 0 Å². The number of halogens is 1. The summed E-state index contributed by atoms with van der Waals surface area (Å²) >= 11 is 0. The van der Waals surface area contributed by atoms with Crippen LogP contribution in [-0.4, -0.2) is 59.0 Å². The molecule has 1 aromatic rings. The number of hydrogen-bond acceptors (Lipinski definition) is 4. The average Bonchev–Trinajstić information content (AvgIpc) is 2.98. The quantitative estimate of drug-likeness (QED) is 0.878. The Labute approximate surface area is 123 Å². The number of pyridine rings is 1. The molecule has 2 saturated heterocycles. The molecule has 3 rings (SSSR count). The Morgan fingerprint density at radius 2 is 2.05 bits per heavy atom. The van der Waals surface area contributed by atoms with Gasteiger partial charge < -0.3 is 10.6 Å². The first kappa shape index (κ1) is 14.4. The second-order valence-corrected chi connectivity index (χ2v) is 5.92. The fourth-order valence-electron chi connectivity index (χ4n) is 3.23. The Bertz CT molecular complexity index is 516. The van der Waals surface area contributed by atoms with Gasteiger partial charge >= 0.3 is 0 Å². The summed E-state index contributed by atoms with van der Waals surface area (Å²) in [4.78, 5) is 20.2. The third-order valence-corrected chi connectivity index (χ3v) is 4.54. The van der Waals surface area contributed by atoms with Gasteiger partial charge in [-0.2, -0.15) is 0 Å². The molecule has 2 aliphatic heterocycles. The number of nitrogens with two attached hydrogens (primary N) is 1. The fraction of sp³-hybridized carbons (Fsp3) is 0.600. The Hall–Kier alpha value is -1.53. The lowest BCUT2D eigenvalue weighted by Gasteiger charge is -2.34. The number of piperidine rings is 1. The predicted octanol–water partition coefficient (Wildman–Crippen LogP) is 0.858. The molecule has 0 radical (unpaired) electrons. The van der Waals surface area contributed by atoms with Crippen molar-refractivity contribution in [3.8, 4) is 0 Å². The maximum absolute atomic E-state index is 13.7. The lowest BCUT2D eigenvalue weighted by molar-refractivity contribution is 0.0764. The summed E-state index contributed by atoms with van der Waals surface area (Å²) in [6, 6.07) is 2.14. The second kappa shape index (κ2) is 6.07. The van der Waals surface area contributed by atoms with Gasteiger partial charge in [0.1, 0.15) is 0 Å². The van der Waals surface area contributed by atoms with E-state index in [0.29, 0.717) is 25.2 Å². The van der Waals surface area contributed by atoms with Gasteiger partial charge in [0.25, 0.3) is 5.91 Å². The van der Waals surface area contributed by atoms with Crippen molar-refractivity contribution < 1.29 is 9.18 Å². The Morgan fingerprint density at radius 3 is 2.76 bits per heavy atom. The molecular formula is C15H21FN4O. The average molecular weight is 292 g/mol. The van der Waals surface area contributed by atoms with Gasteiger partial charge in [-0.25, -0.2) is 4.39 Å². The summed E-state index contributed by atoms with van der Waals surface area (Å²) in [7, 11) is 0. The highest BCUT2D eigenvalue weighted by atomic mass is 19.1. The zero-order chi connectivity index (χ0) is 14.8. The lowest BCUT2D eigenvalue weighted by atomic mass is 10.0. The van der Waals surface area contributed by atoms with Crippen molar-refractivity contribution in [3.05, 3.63) is 29.8 Å². The van der Waals surface area contributed by atoms with E-state index in [1.165, 1.54) is 12.3 Å². The molecule has 0 aromatic carbocycles. The van der Waals surface area contributed by atoms with Crippen LogP contribution in [0.25, 0.3) is 0 Å². The molecule has 0 spiro atoms. The first-order valence-electron chi connectivity index (χ1n) is 7.53. The third-order valence-electron chi connectivity index (χ3n) is 4.54. The van der Waals surface area contributed by atoms with Gasteiger partial charge in [0.05, 0.1) is 11.8 Å². The molecule has 1 unspecified atom stereocenters. The van der Waals surface area contributed by atoms with Crippen LogP contribution in [0.4, 0.5) is 4.39 Å². The highest BCUT2D eigenvalue weighted by molar-refractivity contribution is 5.94. The van der Waals surface area contributed by atoms with Gasteiger partial charge in [-0.15, -0.1) is 0 Å². The van der Waals surface area contributed by atoms with E-state index in [4.69, 9.17) is 5.73 Å². The monoisotopic (exact) mass is 292 g/mol. The van der Waals surface area contributed by atoms with E-state index in [0.717, 1.165) is 38.5 Å². The summed E-state index contributed by atoms with van der Waals surface area (Å²) < 4.78 is 13.7. The lowest BCUT2D eigenvalue weighted by Crippen LogP contribution is -2.46. The largest absolute Gasteiger partial charge is 0.337 e. The highest BCUT2D eigenvalue weighted by Crippen LogP contribution is 2.21. The van der Waals surface area contributed by atoms with E-state index in [1.807, 2.05) is 0 Å². The van der Waals surface area contributed by atoms with Crippen LogP contribution in [0.15, 0.2) is 18.5 Å². The van der Waals surface area contributed by atoms with Gasteiger partial charge in [0.2, 0.25) is 0 Å². The Balaban J connectivity index is 1.62. The topological polar surface area (TPSA) is 62.5 Å². The molecule has 3 heterocycles. The molecule has 1 atom stereocenters. The van der Waals surface area contributed by atoms with Crippen molar-refractivity contribution >= 4 is 5.91 Å². The van der Waals surface area contributed by atoms with Gasteiger partial charge in [-0.05, 0) is 38.4 Å². The molecular weight excluding hydrogens is 271 g/mol. The van der Waals surface area contributed by atoms with Crippen molar-refractivity contribution in [2.24, 2.45) is 5.73 Å². The van der Waals surface area contributed by atoms with Crippen LogP contribution in [0.1, 0.15) is 29.6 Å². The zero-order valence-corrected chi connectivity index (χ0v) is 12.0. The van der Waals surface area contributed by atoms with E-state index < -0.39 is 5.82 Å². The van der Waals surface area contributed by atoms with E-state index in [9.17, 15) is 9.18 Å². The number of carbonyl (C=O) groups is 1. The molecule has 1 amide bonds. The van der Waals surface area contributed by atoms with Crippen LogP contribution in [-0.2, 0) is 0 Å². The van der Waals surface area contributed by atoms with Crippen LogP contribution < -0.4 is 5.73 Å². The number of rotatable bonds is 2. The standard InChI is InChI=1S/C15H21FN4O/c16-14-9-18-5-1-13(14)15(21)20-8-4-12(10-20)19-6-2-11(17)3-7-19/h1,5,9,11-12H,2-4,6-8,10,17H2. The van der Waals surface area contributed by atoms with Gasteiger partial charge in [-0.3, -0.25) is 14.7 Å². The van der Waals surface area contributed by atoms with Crippen molar-refractivity contribution in [2.75, 3.05) is 26.2 Å². The van der Waals surface area contributed by atoms with Gasteiger partial charge in [0.15, 0.2) is 5.82 Å². The van der Waals surface area contributed by atoms with Crippen LogP contribution in [0.2, 0.25) is 0 Å². The molecule has 0 saturated carbocycles. The number of carbonyl (C=O) groups excluding carboxylic acids is 1.